The van der Waals surface area contributed by atoms with Crippen LogP contribution < -0.4 is 0 Å². The summed E-state index contributed by atoms with van der Waals surface area (Å²) in [4.78, 5) is 14.6. The highest BCUT2D eigenvalue weighted by Crippen LogP contribution is 2.37. The highest BCUT2D eigenvalue weighted by atomic mass is 28.4. The first kappa shape index (κ1) is 27.9. The van der Waals surface area contributed by atoms with Crippen molar-refractivity contribution in [1.29, 1.82) is 0 Å². The number of amides is 1. The quantitative estimate of drug-likeness (QED) is 0.361. The molecule has 0 saturated carbocycles. The molecule has 0 aliphatic carbocycles. The van der Waals surface area contributed by atoms with Gasteiger partial charge < -0.3 is 18.5 Å². The maximum Gasteiger partial charge on any atom is 0.410 e. The number of carbonyl (C=O) groups is 1. The second-order valence-corrected chi connectivity index (χ2v) is 20.9. The predicted molar refractivity (Wildman–Crippen MR) is 134 cm³/mol. The number of hydrogen-bond acceptors (Lipinski definition) is 4. The topological polar surface area (TPSA) is 48.0 Å². The van der Waals surface area contributed by atoms with Crippen LogP contribution in [-0.4, -0.2) is 53.9 Å². The van der Waals surface area contributed by atoms with E-state index in [4.69, 9.17) is 13.6 Å². The molecule has 0 bridgehead atoms. The molecule has 7 heteroatoms. The van der Waals surface area contributed by atoms with Gasteiger partial charge in [0.1, 0.15) is 6.61 Å². The van der Waals surface area contributed by atoms with Crippen molar-refractivity contribution in [2.45, 2.75) is 84.4 Å². The molecule has 1 aromatic carbocycles. The van der Waals surface area contributed by atoms with Crippen LogP contribution in [0.2, 0.25) is 36.3 Å². The van der Waals surface area contributed by atoms with E-state index < -0.39 is 16.6 Å². The Morgan fingerprint density at radius 2 is 1.23 bits per heavy atom. The molecule has 0 aromatic heterocycles. The van der Waals surface area contributed by atoms with Crippen molar-refractivity contribution >= 4 is 22.7 Å². The molecule has 0 radical (unpaired) electrons. The van der Waals surface area contributed by atoms with Crippen LogP contribution in [0.3, 0.4) is 0 Å². The van der Waals surface area contributed by atoms with Crippen LogP contribution >= 0.6 is 0 Å². The summed E-state index contributed by atoms with van der Waals surface area (Å²) in [5.41, 5.74) is 0.978. The van der Waals surface area contributed by atoms with Crippen LogP contribution in [0.15, 0.2) is 30.3 Å². The molecule has 0 aliphatic heterocycles. The lowest BCUT2D eigenvalue weighted by molar-refractivity contribution is 0.0824. The first-order valence-electron chi connectivity index (χ1n) is 11.3. The van der Waals surface area contributed by atoms with Gasteiger partial charge in [-0.2, -0.15) is 0 Å². The van der Waals surface area contributed by atoms with Crippen molar-refractivity contribution in [1.82, 2.24) is 4.90 Å². The third-order valence-corrected chi connectivity index (χ3v) is 15.8. The van der Waals surface area contributed by atoms with Gasteiger partial charge in [0.25, 0.3) is 0 Å². The zero-order valence-electron chi connectivity index (χ0n) is 21.5. The number of rotatable bonds is 10. The van der Waals surface area contributed by atoms with E-state index >= 15 is 0 Å². The summed E-state index contributed by atoms with van der Waals surface area (Å²) in [5, 5.41) is 0.272. The van der Waals surface area contributed by atoms with Crippen LogP contribution in [0.4, 0.5) is 4.79 Å². The van der Waals surface area contributed by atoms with E-state index in [0.717, 1.165) is 5.56 Å². The van der Waals surface area contributed by atoms with Crippen molar-refractivity contribution in [3.05, 3.63) is 35.9 Å². The maximum absolute atomic E-state index is 12.8. The van der Waals surface area contributed by atoms with E-state index in [2.05, 4.69) is 67.7 Å². The van der Waals surface area contributed by atoms with E-state index in [-0.39, 0.29) is 22.8 Å². The van der Waals surface area contributed by atoms with E-state index in [0.29, 0.717) is 26.3 Å². The van der Waals surface area contributed by atoms with Crippen LogP contribution in [0.5, 0.6) is 0 Å². The lowest BCUT2D eigenvalue weighted by atomic mass is 10.2. The van der Waals surface area contributed by atoms with E-state index in [1.165, 1.54) is 0 Å². The minimum absolute atomic E-state index is 0.136. The van der Waals surface area contributed by atoms with Crippen molar-refractivity contribution in [3.8, 4) is 0 Å². The zero-order chi connectivity index (χ0) is 23.9. The van der Waals surface area contributed by atoms with Crippen LogP contribution in [0.1, 0.15) is 47.1 Å². The van der Waals surface area contributed by atoms with Gasteiger partial charge in [0.15, 0.2) is 16.6 Å². The molecule has 1 aromatic rings. The van der Waals surface area contributed by atoms with Gasteiger partial charge >= 0.3 is 6.09 Å². The highest BCUT2D eigenvalue weighted by molar-refractivity contribution is 6.74. The molecular weight excluding hydrogens is 422 g/mol. The third-order valence-electron chi connectivity index (χ3n) is 6.72. The molecule has 0 aliphatic rings. The molecule has 0 fully saturated rings. The molecule has 0 atom stereocenters. The fraction of sp³-hybridized carbons (Fsp3) is 0.708. The van der Waals surface area contributed by atoms with Crippen LogP contribution in [-0.2, 0) is 20.2 Å². The van der Waals surface area contributed by atoms with Gasteiger partial charge in [-0.15, -0.1) is 0 Å². The Bertz CT molecular complexity index is 647. The monoisotopic (exact) mass is 467 g/mol. The van der Waals surface area contributed by atoms with Crippen molar-refractivity contribution < 1.29 is 18.4 Å². The van der Waals surface area contributed by atoms with Gasteiger partial charge in [0, 0.05) is 13.1 Å². The van der Waals surface area contributed by atoms with Crippen molar-refractivity contribution in [3.63, 3.8) is 0 Å². The Kier molecular flexibility index (Phi) is 10.00. The molecule has 178 valence electrons. The smallest absolute Gasteiger partial charge is 0.410 e. The van der Waals surface area contributed by atoms with Gasteiger partial charge in [0.2, 0.25) is 0 Å². The average molecular weight is 468 g/mol. The molecule has 31 heavy (non-hydrogen) atoms. The first-order chi connectivity index (χ1) is 14.1. The summed E-state index contributed by atoms with van der Waals surface area (Å²) < 4.78 is 18.2. The van der Waals surface area contributed by atoms with Crippen LogP contribution in [0.25, 0.3) is 0 Å². The van der Waals surface area contributed by atoms with Crippen molar-refractivity contribution in [2.75, 3.05) is 26.3 Å². The van der Waals surface area contributed by atoms with E-state index in [1.54, 1.807) is 4.90 Å². The molecule has 0 saturated heterocycles. The summed E-state index contributed by atoms with van der Waals surface area (Å²) in [6.07, 6.45) is -0.318. The van der Waals surface area contributed by atoms with Gasteiger partial charge in [-0.25, -0.2) is 4.79 Å². The second kappa shape index (κ2) is 11.1. The Morgan fingerprint density at radius 3 is 1.61 bits per heavy atom. The average Bonchev–Trinajstić information content (AvgIpc) is 2.63. The standard InChI is InChI=1S/C24H45NO4Si2/c1-23(2,3)30(7,8)28-18-16-25(17-19-29-31(9,10)24(4,5)6)22(26)27-20-21-14-12-11-13-15-21/h11-15H,16-20H2,1-10H3. The number of hydrogen-bond donors (Lipinski definition) is 0. The van der Waals surface area contributed by atoms with Gasteiger partial charge in [-0.1, -0.05) is 71.9 Å². The summed E-state index contributed by atoms with van der Waals surface area (Å²) in [7, 11) is -3.73. The molecule has 0 spiro atoms. The summed E-state index contributed by atoms with van der Waals surface area (Å²) in [6, 6.07) is 9.76. The zero-order valence-corrected chi connectivity index (χ0v) is 23.5. The number of benzene rings is 1. The predicted octanol–water partition coefficient (Wildman–Crippen LogP) is 6.67. The number of carbonyl (C=O) groups excluding carboxylic acids is 1. The van der Waals surface area contributed by atoms with Crippen molar-refractivity contribution in [2.24, 2.45) is 0 Å². The van der Waals surface area contributed by atoms with Gasteiger partial charge in [-0.05, 0) is 41.8 Å². The molecule has 0 unspecified atom stereocenters. The largest absolute Gasteiger partial charge is 0.445 e. The normalized spacial score (nSPS) is 13.2. The molecule has 0 heterocycles. The van der Waals surface area contributed by atoms with Gasteiger partial charge in [0.05, 0.1) is 13.2 Å². The lowest BCUT2D eigenvalue weighted by Gasteiger charge is -2.37. The molecule has 1 amide bonds. The molecule has 0 N–H and O–H groups in total. The Balaban J connectivity index is 2.72. The fourth-order valence-electron chi connectivity index (χ4n) is 2.36. The lowest BCUT2D eigenvalue weighted by Crippen LogP contribution is -2.46. The fourth-order valence-corrected chi connectivity index (χ4v) is 4.43. The minimum Gasteiger partial charge on any atom is -0.445 e. The van der Waals surface area contributed by atoms with Crippen LogP contribution in [0, 0.1) is 0 Å². The Morgan fingerprint density at radius 1 is 0.806 bits per heavy atom. The molecular formula is C24H45NO4Si2. The summed E-state index contributed by atoms with van der Waals surface area (Å²) in [6.45, 7) is 24.5. The summed E-state index contributed by atoms with van der Waals surface area (Å²) in [5.74, 6) is 0. The van der Waals surface area contributed by atoms with Gasteiger partial charge in [-0.3, -0.25) is 0 Å². The SMILES string of the molecule is CC(C)(C)[Si](C)(C)OCCN(CCO[Si](C)(C)C(C)(C)C)C(=O)OCc1ccccc1. The number of nitrogens with zero attached hydrogens (tertiary/aromatic N) is 1. The Hall–Kier alpha value is -1.16. The molecule has 5 nitrogen and oxygen atoms in total. The summed E-state index contributed by atoms with van der Waals surface area (Å²) >= 11 is 0. The highest BCUT2D eigenvalue weighted by Gasteiger charge is 2.38. The Labute approximate surface area is 192 Å². The molecule has 1 rings (SSSR count). The maximum atomic E-state index is 12.8. The third kappa shape index (κ3) is 9.08. The number of ether oxygens (including phenoxy) is 1. The minimum atomic E-state index is -1.87. The second-order valence-electron chi connectivity index (χ2n) is 11.2. The van der Waals surface area contributed by atoms with E-state index in [1.807, 2.05) is 30.3 Å². The first-order valence-corrected chi connectivity index (χ1v) is 17.1. The van der Waals surface area contributed by atoms with E-state index in [9.17, 15) is 4.79 Å².